The molecule has 1 aliphatic carbocycles. The number of hydrogen-bond donors (Lipinski definition) is 1. The zero-order chi connectivity index (χ0) is 13.5. The maximum atomic E-state index is 12.0. The summed E-state index contributed by atoms with van der Waals surface area (Å²) in [6, 6.07) is 1.52. The summed E-state index contributed by atoms with van der Waals surface area (Å²) >= 11 is 0. The highest BCUT2D eigenvalue weighted by Gasteiger charge is 2.34. The highest BCUT2D eigenvalue weighted by atomic mass is 35.7. The van der Waals surface area contributed by atoms with Crippen LogP contribution in [0.4, 0.5) is 0 Å². The third-order valence-electron chi connectivity index (χ3n) is 3.15. The van der Waals surface area contributed by atoms with Gasteiger partial charge in [-0.2, -0.15) is 0 Å². The van der Waals surface area contributed by atoms with Gasteiger partial charge in [-0.15, -0.1) is 0 Å². The van der Waals surface area contributed by atoms with Crippen LogP contribution in [-0.4, -0.2) is 24.9 Å². The van der Waals surface area contributed by atoms with E-state index in [0.29, 0.717) is 18.2 Å². The number of halogens is 1. The lowest BCUT2D eigenvalue weighted by atomic mass is 10.3. The first kappa shape index (κ1) is 13.4. The van der Waals surface area contributed by atoms with Crippen molar-refractivity contribution in [3.63, 3.8) is 0 Å². The summed E-state index contributed by atoms with van der Waals surface area (Å²) in [5.74, 6) is 0.244. The van der Waals surface area contributed by atoms with E-state index in [0.717, 1.165) is 6.42 Å². The SMILES string of the molecule is CCn1cc(S(=O)(=O)Cl)cc1C(=O)NC1CC1C. The van der Waals surface area contributed by atoms with Gasteiger partial charge >= 0.3 is 0 Å². The lowest BCUT2D eigenvalue weighted by molar-refractivity contribution is 0.0940. The molecular weight excluding hydrogens is 276 g/mol. The Labute approximate surface area is 111 Å². The summed E-state index contributed by atoms with van der Waals surface area (Å²) in [5, 5.41) is 2.86. The molecule has 7 heteroatoms. The predicted molar refractivity (Wildman–Crippen MR) is 68.2 cm³/mol. The zero-order valence-electron chi connectivity index (χ0n) is 10.2. The summed E-state index contributed by atoms with van der Waals surface area (Å²) in [6.45, 7) is 4.40. The largest absolute Gasteiger partial charge is 0.348 e. The van der Waals surface area contributed by atoms with Crippen molar-refractivity contribution in [3.05, 3.63) is 18.0 Å². The van der Waals surface area contributed by atoms with Crippen LogP contribution < -0.4 is 5.32 Å². The Morgan fingerprint density at radius 3 is 2.67 bits per heavy atom. The average molecular weight is 291 g/mol. The van der Waals surface area contributed by atoms with Gasteiger partial charge in [0.2, 0.25) is 0 Å². The number of nitrogens with zero attached hydrogens (tertiary/aromatic N) is 1. The van der Waals surface area contributed by atoms with E-state index in [9.17, 15) is 13.2 Å². The molecule has 2 unspecified atom stereocenters. The Balaban J connectivity index is 2.26. The minimum atomic E-state index is -3.80. The second kappa shape index (κ2) is 4.59. The van der Waals surface area contributed by atoms with E-state index in [1.807, 2.05) is 6.92 Å². The highest BCUT2D eigenvalue weighted by molar-refractivity contribution is 8.13. The maximum Gasteiger partial charge on any atom is 0.268 e. The highest BCUT2D eigenvalue weighted by Crippen LogP contribution is 2.29. The Kier molecular flexibility index (Phi) is 3.42. The first-order chi connectivity index (χ1) is 8.32. The van der Waals surface area contributed by atoms with Gasteiger partial charge in [0, 0.05) is 29.5 Å². The molecule has 100 valence electrons. The van der Waals surface area contributed by atoms with E-state index in [1.165, 1.54) is 12.3 Å². The first-order valence-corrected chi connectivity index (χ1v) is 8.09. The molecule has 1 N–H and O–H groups in total. The third-order valence-corrected chi connectivity index (χ3v) is 4.47. The molecule has 1 fully saturated rings. The molecule has 2 rings (SSSR count). The lowest BCUT2D eigenvalue weighted by Gasteiger charge is -2.06. The number of nitrogens with one attached hydrogen (secondary N) is 1. The average Bonchev–Trinajstić information content (AvgIpc) is 2.82. The molecule has 1 aliphatic rings. The minimum absolute atomic E-state index is 0.0417. The van der Waals surface area contributed by atoms with Crippen molar-refractivity contribution in [2.75, 3.05) is 0 Å². The van der Waals surface area contributed by atoms with Gasteiger partial charge in [0.1, 0.15) is 10.6 Å². The quantitative estimate of drug-likeness (QED) is 0.856. The number of aromatic nitrogens is 1. The van der Waals surface area contributed by atoms with Gasteiger partial charge in [-0.1, -0.05) is 6.92 Å². The third kappa shape index (κ3) is 2.70. The van der Waals surface area contributed by atoms with Crippen LogP contribution in [0.25, 0.3) is 0 Å². The standard InChI is InChI=1S/C11H15ClN2O3S/c1-3-14-6-8(18(12,16)17)5-10(14)11(15)13-9-4-7(9)2/h5-7,9H,3-4H2,1-2H3,(H,13,15). The normalized spacial score (nSPS) is 22.8. The van der Waals surface area contributed by atoms with Gasteiger partial charge in [-0.25, -0.2) is 8.42 Å². The molecule has 1 aromatic heterocycles. The molecule has 2 atom stereocenters. The van der Waals surface area contributed by atoms with Crippen LogP contribution in [0, 0.1) is 5.92 Å². The van der Waals surface area contributed by atoms with Crippen LogP contribution >= 0.6 is 10.7 Å². The topological polar surface area (TPSA) is 68.2 Å². The summed E-state index contributed by atoms with van der Waals surface area (Å²) < 4.78 is 24.1. The fourth-order valence-electron chi connectivity index (χ4n) is 1.83. The number of rotatable bonds is 4. The van der Waals surface area contributed by atoms with Crippen molar-refractivity contribution >= 4 is 25.6 Å². The number of aryl methyl sites for hydroxylation is 1. The molecule has 1 saturated carbocycles. The first-order valence-electron chi connectivity index (χ1n) is 5.78. The van der Waals surface area contributed by atoms with Crippen molar-refractivity contribution < 1.29 is 13.2 Å². The van der Waals surface area contributed by atoms with E-state index in [-0.39, 0.29) is 16.8 Å². The Morgan fingerprint density at radius 1 is 1.61 bits per heavy atom. The molecule has 0 spiro atoms. The van der Waals surface area contributed by atoms with Crippen LogP contribution in [0.2, 0.25) is 0 Å². The van der Waals surface area contributed by atoms with E-state index < -0.39 is 9.05 Å². The van der Waals surface area contributed by atoms with Crippen LogP contribution in [0.5, 0.6) is 0 Å². The van der Waals surface area contributed by atoms with Gasteiger partial charge in [-0.05, 0) is 25.3 Å². The number of amides is 1. The smallest absolute Gasteiger partial charge is 0.268 e. The second-order valence-electron chi connectivity index (χ2n) is 4.58. The van der Waals surface area contributed by atoms with Crippen molar-refractivity contribution in [1.82, 2.24) is 9.88 Å². The molecule has 0 radical (unpaired) electrons. The molecule has 0 bridgehead atoms. The van der Waals surface area contributed by atoms with E-state index >= 15 is 0 Å². The van der Waals surface area contributed by atoms with Crippen molar-refractivity contribution in [2.24, 2.45) is 5.92 Å². The summed E-state index contributed by atoms with van der Waals surface area (Å²) in [7, 11) is 1.47. The monoisotopic (exact) mass is 290 g/mol. The molecule has 1 aromatic rings. The van der Waals surface area contributed by atoms with Gasteiger partial charge in [-0.3, -0.25) is 4.79 Å². The van der Waals surface area contributed by atoms with Crippen LogP contribution in [0.3, 0.4) is 0 Å². The molecule has 5 nitrogen and oxygen atoms in total. The number of carbonyl (C=O) groups is 1. The van der Waals surface area contributed by atoms with Gasteiger partial charge in [0.25, 0.3) is 15.0 Å². The second-order valence-corrected chi connectivity index (χ2v) is 7.14. The summed E-state index contributed by atoms with van der Waals surface area (Å²) in [5.41, 5.74) is 0.329. The number of carbonyl (C=O) groups excluding carboxylic acids is 1. The Bertz CT molecular complexity index is 579. The summed E-state index contributed by atoms with van der Waals surface area (Å²) in [4.78, 5) is 11.9. The molecule has 0 aliphatic heterocycles. The van der Waals surface area contributed by atoms with Crippen LogP contribution in [0.1, 0.15) is 30.8 Å². The van der Waals surface area contributed by atoms with E-state index in [4.69, 9.17) is 10.7 Å². The van der Waals surface area contributed by atoms with Gasteiger partial charge < -0.3 is 9.88 Å². The predicted octanol–water partition coefficient (Wildman–Crippen LogP) is 1.57. The molecule has 18 heavy (non-hydrogen) atoms. The van der Waals surface area contributed by atoms with E-state index in [1.54, 1.807) is 4.57 Å². The zero-order valence-corrected chi connectivity index (χ0v) is 11.8. The van der Waals surface area contributed by atoms with Crippen LogP contribution in [0.15, 0.2) is 17.2 Å². The van der Waals surface area contributed by atoms with E-state index in [2.05, 4.69) is 12.2 Å². The Hall–Kier alpha value is -1.01. The van der Waals surface area contributed by atoms with Crippen LogP contribution in [-0.2, 0) is 15.6 Å². The molecule has 0 saturated heterocycles. The van der Waals surface area contributed by atoms with Crippen molar-refractivity contribution in [2.45, 2.75) is 37.8 Å². The van der Waals surface area contributed by atoms with Gasteiger partial charge in [0.15, 0.2) is 0 Å². The Morgan fingerprint density at radius 2 is 2.22 bits per heavy atom. The fraction of sp³-hybridized carbons (Fsp3) is 0.545. The van der Waals surface area contributed by atoms with Gasteiger partial charge in [0.05, 0.1) is 0 Å². The minimum Gasteiger partial charge on any atom is -0.348 e. The fourth-order valence-corrected chi connectivity index (χ4v) is 2.59. The van der Waals surface area contributed by atoms with Crippen molar-refractivity contribution in [1.29, 1.82) is 0 Å². The maximum absolute atomic E-state index is 12.0. The molecule has 1 amide bonds. The lowest BCUT2D eigenvalue weighted by Crippen LogP contribution is -2.28. The molecule has 1 heterocycles. The number of hydrogen-bond acceptors (Lipinski definition) is 3. The molecular formula is C11H15ClN2O3S. The molecule has 0 aromatic carbocycles. The summed E-state index contributed by atoms with van der Waals surface area (Å²) in [6.07, 6.45) is 2.35. The van der Waals surface area contributed by atoms with Crippen molar-refractivity contribution in [3.8, 4) is 0 Å².